The van der Waals surface area contributed by atoms with Gasteiger partial charge in [0, 0.05) is 31.9 Å². The van der Waals surface area contributed by atoms with Crippen LogP contribution in [0.3, 0.4) is 0 Å². The summed E-state index contributed by atoms with van der Waals surface area (Å²) in [6, 6.07) is 0. The van der Waals surface area contributed by atoms with Crippen LogP contribution in [0.5, 0.6) is 0 Å². The van der Waals surface area contributed by atoms with E-state index in [1.807, 2.05) is 11.7 Å². The summed E-state index contributed by atoms with van der Waals surface area (Å²) < 4.78 is 1.87. The minimum absolute atomic E-state index is 0.385. The average Bonchev–Trinajstić information content (AvgIpc) is 2.45. The number of nitrogens with zero attached hydrogens (tertiary/aromatic N) is 2. The van der Waals surface area contributed by atoms with Gasteiger partial charge in [-0.1, -0.05) is 20.8 Å². The van der Waals surface area contributed by atoms with Crippen molar-refractivity contribution in [1.29, 1.82) is 0 Å². The fourth-order valence-electron chi connectivity index (χ4n) is 1.48. The Bertz CT molecular complexity index is 313. The lowest BCUT2D eigenvalue weighted by atomic mass is 9.90. The van der Waals surface area contributed by atoms with Crippen molar-refractivity contribution in [3.8, 4) is 0 Å². The van der Waals surface area contributed by atoms with Gasteiger partial charge in [0.25, 0.3) is 0 Å². The van der Waals surface area contributed by atoms with Gasteiger partial charge in [0.15, 0.2) is 0 Å². The minimum Gasteiger partial charge on any atom is -0.312 e. The topological polar surface area (TPSA) is 29.9 Å². The fourth-order valence-corrected chi connectivity index (χ4v) is 1.48. The van der Waals surface area contributed by atoms with Crippen LogP contribution >= 0.6 is 0 Å². The lowest BCUT2D eigenvalue weighted by Crippen LogP contribution is -2.28. The largest absolute Gasteiger partial charge is 0.312 e. The second-order valence-corrected chi connectivity index (χ2v) is 5.03. The van der Waals surface area contributed by atoms with Crippen molar-refractivity contribution < 1.29 is 0 Å². The number of rotatable bonds is 5. The summed E-state index contributed by atoms with van der Waals surface area (Å²) in [5.41, 5.74) is 2.81. The second-order valence-electron chi connectivity index (χ2n) is 5.03. The fraction of sp³-hybridized carbons (Fsp3) is 0.750. The van der Waals surface area contributed by atoms with Gasteiger partial charge in [-0.05, 0) is 18.8 Å². The molecule has 0 amide bonds. The maximum absolute atomic E-state index is 4.32. The Morgan fingerprint density at radius 3 is 2.60 bits per heavy atom. The molecule has 3 heteroatoms. The number of hydrogen-bond acceptors (Lipinski definition) is 2. The van der Waals surface area contributed by atoms with Crippen LogP contribution in [0.1, 0.15) is 38.4 Å². The molecule has 15 heavy (non-hydrogen) atoms. The van der Waals surface area contributed by atoms with Gasteiger partial charge in [-0.25, -0.2) is 0 Å². The highest BCUT2D eigenvalue weighted by atomic mass is 15.2. The molecule has 0 unspecified atom stereocenters. The third-order valence-electron chi connectivity index (χ3n) is 2.99. The Labute approximate surface area is 92.9 Å². The Kier molecular flexibility index (Phi) is 3.91. The van der Waals surface area contributed by atoms with Gasteiger partial charge in [0.1, 0.15) is 0 Å². The van der Waals surface area contributed by atoms with Crippen LogP contribution < -0.4 is 5.32 Å². The van der Waals surface area contributed by atoms with E-state index in [9.17, 15) is 0 Å². The van der Waals surface area contributed by atoms with Gasteiger partial charge < -0.3 is 5.32 Å². The molecular formula is C12H23N3. The third kappa shape index (κ3) is 3.67. The summed E-state index contributed by atoms with van der Waals surface area (Å²) in [4.78, 5) is 0. The maximum Gasteiger partial charge on any atom is 0.0638 e. The first-order valence-electron chi connectivity index (χ1n) is 5.64. The molecule has 0 saturated heterocycles. The molecule has 1 aromatic rings. The van der Waals surface area contributed by atoms with E-state index in [2.05, 4.69) is 44.3 Å². The lowest BCUT2D eigenvalue weighted by molar-refractivity contribution is 0.327. The van der Waals surface area contributed by atoms with Crippen LogP contribution in [0.25, 0.3) is 0 Å². The summed E-state index contributed by atoms with van der Waals surface area (Å²) in [5, 5.41) is 7.82. The Hall–Kier alpha value is -0.830. The molecule has 0 spiro atoms. The predicted molar refractivity (Wildman–Crippen MR) is 63.7 cm³/mol. The number of aromatic nitrogens is 2. The van der Waals surface area contributed by atoms with Gasteiger partial charge in [0.05, 0.1) is 5.69 Å². The third-order valence-corrected chi connectivity index (χ3v) is 2.99. The van der Waals surface area contributed by atoms with Crippen LogP contribution in [0.15, 0.2) is 6.20 Å². The molecule has 0 aromatic carbocycles. The highest BCUT2D eigenvalue weighted by Gasteiger charge is 2.14. The molecule has 0 aliphatic carbocycles. The van der Waals surface area contributed by atoms with E-state index in [1.165, 1.54) is 12.0 Å². The summed E-state index contributed by atoms with van der Waals surface area (Å²) in [7, 11) is 1.96. The second kappa shape index (κ2) is 4.79. The van der Waals surface area contributed by atoms with Crippen molar-refractivity contribution in [2.24, 2.45) is 12.5 Å². The van der Waals surface area contributed by atoms with E-state index in [-0.39, 0.29) is 0 Å². The van der Waals surface area contributed by atoms with Crippen LogP contribution in [0.4, 0.5) is 0 Å². The molecule has 0 bridgehead atoms. The SMILES string of the molecule is CCC(C)(C)CNCc1cn(C)nc1C. The van der Waals surface area contributed by atoms with E-state index in [4.69, 9.17) is 0 Å². The summed E-state index contributed by atoms with van der Waals surface area (Å²) in [6.07, 6.45) is 3.29. The van der Waals surface area contributed by atoms with E-state index >= 15 is 0 Å². The van der Waals surface area contributed by atoms with Gasteiger partial charge in [-0.15, -0.1) is 0 Å². The van der Waals surface area contributed by atoms with Crippen LogP contribution in [0, 0.1) is 12.3 Å². The lowest BCUT2D eigenvalue weighted by Gasteiger charge is -2.22. The molecule has 0 saturated carbocycles. The first kappa shape index (κ1) is 12.2. The highest BCUT2D eigenvalue weighted by molar-refractivity contribution is 5.14. The van der Waals surface area contributed by atoms with Gasteiger partial charge in [-0.3, -0.25) is 4.68 Å². The Morgan fingerprint density at radius 1 is 1.47 bits per heavy atom. The summed E-state index contributed by atoms with van der Waals surface area (Å²) >= 11 is 0. The monoisotopic (exact) mass is 209 g/mol. The maximum atomic E-state index is 4.32. The molecule has 1 aromatic heterocycles. The van der Waals surface area contributed by atoms with Crippen molar-refractivity contribution in [1.82, 2.24) is 15.1 Å². The first-order chi connectivity index (χ1) is 6.94. The van der Waals surface area contributed by atoms with Crippen LogP contribution in [0.2, 0.25) is 0 Å². The zero-order chi connectivity index (χ0) is 11.5. The molecule has 1 heterocycles. The van der Waals surface area contributed by atoms with E-state index in [0.717, 1.165) is 18.8 Å². The molecule has 0 radical (unpaired) electrons. The molecular weight excluding hydrogens is 186 g/mol. The van der Waals surface area contributed by atoms with Crippen LogP contribution in [-0.2, 0) is 13.6 Å². The molecule has 0 aliphatic heterocycles. The molecule has 1 N–H and O–H groups in total. The van der Waals surface area contributed by atoms with Crippen molar-refractivity contribution in [3.63, 3.8) is 0 Å². The number of nitrogens with one attached hydrogen (secondary N) is 1. The molecule has 1 rings (SSSR count). The van der Waals surface area contributed by atoms with Crippen LogP contribution in [-0.4, -0.2) is 16.3 Å². The van der Waals surface area contributed by atoms with Crippen molar-refractivity contribution in [2.75, 3.05) is 6.54 Å². The molecule has 3 nitrogen and oxygen atoms in total. The molecule has 0 atom stereocenters. The Morgan fingerprint density at radius 2 is 2.13 bits per heavy atom. The van der Waals surface area contributed by atoms with E-state index in [0.29, 0.717) is 5.41 Å². The standard InChI is InChI=1S/C12H23N3/c1-6-12(3,4)9-13-7-11-8-15(5)14-10(11)2/h8,13H,6-7,9H2,1-5H3. The minimum atomic E-state index is 0.385. The van der Waals surface area contributed by atoms with Crippen molar-refractivity contribution in [3.05, 3.63) is 17.5 Å². The zero-order valence-corrected chi connectivity index (χ0v) is 10.6. The zero-order valence-electron chi connectivity index (χ0n) is 10.6. The smallest absolute Gasteiger partial charge is 0.0638 e. The Balaban J connectivity index is 2.41. The van der Waals surface area contributed by atoms with Crippen molar-refractivity contribution >= 4 is 0 Å². The van der Waals surface area contributed by atoms with Gasteiger partial charge >= 0.3 is 0 Å². The first-order valence-corrected chi connectivity index (χ1v) is 5.64. The highest BCUT2D eigenvalue weighted by Crippen LogP contribution is 2.18. The summed E-state index contributed by atoms with van der Waals surface area (Å²) in [6.45, 7) is 10.8. The average molecular weight is 209 g/mol. The normalized spacial score (nSPS) is 12.1. The van der Waals surface area contributed by atoms with E-state index < -0.39 is 0 Å². The predicted octanol–water partition coefficient (Wildman–Crippen LogP) is 2.25. The summed E-state index contributed by atoms with van der Waals surface area (Å²) in [5.74, 6) is 0. The molecule has 86 valence electrons. The van der Waals surface area contributed by atoms with Gasteiger partial charge in [-0.2, -0.15) is 5.10 Å². The molecule has 0 fully saturated rings. The van der Waals surface area contributed by atoms with Gasteiger partial charge in [0.2, 0.25) is 0 Å². The quantitative estimate of drug-likeness (QED) is 0.806. The van der Waals surface area contributed by atoms with Crippen molar-refractivity contribution in [2.45, 2.75) is 40.7 Å². The molecule has 0 aliphatic rings. The number of aryl methyl sites for hydroxylation is 2. The van der Waals surface area contributed by atoms with E-state index in [1.54, 1.807) is 0 Å². The number of hydrogen-bond donors (Lipinski definition) is 1.